The van der Waals surface area contributed by atoms with Crippen molar-refractivity contribution in [2.75, 3.05) is 19.8 Å². The van der Waals surface area contributed by atoms with Crippen LogP contribution in [0.3, 0.4) is 0 Å². The maximum absolute atomic E-state index is 12.7. The highest BCUT2D eigenvalue weighted by Crippen LogP contribution is 2.32. The Hall–Kier alpha value is -2.05. The number of carbonyl (C=O) groups is 3. The highest BCUT2D eigenvalue weighted by molar-refractivity contribution is 5.90. The van der Waals surface area contributed by atoms with E-state index in [0.29, 0.717) is 0 Å². The van der Waals surface area contributed by atoms with Crippen molar-refractivity contribution >= 4 is 18.0 Å². The van der Waals surface area contributed by atoms with Crippen molar-refractivity contribution in [2.24, 2.45) is 5.41 Å². The van der Waals surface area contributed by atoms with Crippen LogP contribution < -0.4 is 0 Å². The smallest absolute Gasteiger partial charge is 0.411 e. The first-order valence-electron chi connectivity index (χ1n) is 8.76. The Morgan fingerprint density at radius 2 is 1.69 bits per heavy atom. The van der Waals surface area contributed by atoms with E-state index in [2.05, 4.69) is 0 Å². The van der Waals surface area contributed by atoms with Gasteiger partial charge in [-0.15, -0.1) is 0 Å². The van der Waals surface area contributed by atoms with Crippen LogP contribution in [0.2, 0.25) is 0 Å². The summed E-state index contributed by atoms with van der Waals surface area (Å²) in [6, 6.07) is 0. The summed E-state index contributed by atoms with van der Waals surface area (Å²) in [6.45, 7) is 13.9. The van der Waals surface area contributed by atoms with Crippen LogP contribution in [-0.2, 0) is 23.8 Å². The van der Waals surface area contributed by atoms with Crippen molar-refractivity contribution in [1.29, 1.82) is 0 Å². The summed E-state index contributed by atoms with van der Waals surface area (Å²) in [4.78, 5) is 38.9. The largest absolute Gasteiger partial charge is 0.464 e. The molecular weight excluding hydrogens is 338 g/mol. The Morgan fingerprint density at radius 1 is 1.12 bits per heavy atom. The van der Waals surface area contributed by atoms with E-state index in [9.17, 15) is 14.4 Å². The molecule has 148 valence electrons. The van der Waals surface area contributed by atoms with Crippen LogP contribution in [0.1, 0.15) is 55.4 Å². The molecule has 7 heteroatoms. The van der Waals surface area contributed by atoms with E-state index in [1.165, 1.54) is 4.90 Å². The zero-order valence-electron chi connectivity index (χ0n) is 17.1. The number of amides is 1. The monoisotopic (exact) mass is 369 g/mol. The summed E-state index contributed by atoms with van der Waals surface area (Å²) in [5.41, 5.74) is -2.20. The molecule has 1 heterocycles. The lowest BCUT2D eigenvalue weighted by Crippen LogP contribution is -2.58. The fourth-order valence-corrected chi connectivity index (χ4v) is 2.46. The zero-order valence-corrected chi connectivity index (χ0v) is 17.1. The third kappa shape index (κ3) is 5.22. The SMILES string of the molecule is CCOC(=O)C1(COC(=O)C(C)(C)C)C=C(C)CN1C(=O)OC(C)(C)C. The van der Waals surface area contributed by atoms with Crippen molar-refractivity contribution < 1.29 is 28.6 Å². The van der Waals surface area contributed by atoms with Crippen molar-refractivity contribution in [3.8, 4) is 0 Å². The number of hydrogen-bond donors (Lipinski definition) is 0. The maximum Gasteiger partial charge on any atom is 0.411 e. The number of carbonyl (C=O) groups excluding carboxylic acids is 3. The summed E-state index contributed by atoms with van der Waals surface area (Å²) < 4.78 is 16.0. The van der Waals surface area contributed by atoms with Gasteiger partial charge in [-0.25, -0.2) is 9.59 Å². The van der Waals surface area contributed by atoms with Crippen LogP contribution in [0.25, 0.3) is 0 Å². The molecule has 0 radical (unpaired) electrons. The van der Waals surface area contributed by atoms with Crippen LogP contribution >= 0.6 is 0 Å². The number of esters is 2. The average molecular weight is 369 g/mol. The number of nitrogens with zero attached hydrogens (tertiary/aromatic N) is 1. The predicted molar refractivity (Wildman–Crippen MR) is 96.5 cm³/mol. The zero-order chi connectivity index (χ0) is 20.3. The third-order valence-electron chi connectivity index (χ3n) is 3.65. The normalized spacial score (nSPS) is 20.5. The van der Waals surface area contributed by atoms with Gasteiger partial charge in [-0.2, -0.15) is 0 Å². The quantitative estimate of drug-likeness (QED) is 0.430. The first-order valence-corrected chi connectivity index (χ1v) is 8.76. The molecule has 0 fully saturated rings. The van der Waals surface area contributed by atoms with Crippen LogP contribution in [-0.4, -0.2) is 53.8 Å². The fraction of sp³-hybridized carbons (Fsp3) is 0.737. The molecular formula is C19H31NO6. The molecule has 1 atom stereocenters. The lowest BCUT2D eigenvalue weighted by molar-refractivity contribution is -0.165. The van der Waals surface area contributed by atoms with Gasteiger partial charge in [-0.3, -0.25) is 9.69 Å². The molecule has 7 nitrogen and oxygen atoms in total. The van der Waals surface area contributed by atoms with E-state index >= 15 is 0 Å². The molecule has 0 bridgehead atoms. The summed E-state index contributed by atoms with van der Waals surface area (Å²) in [7, 11) is 0. The summed E-state index contributed by atoms with van der Waals surface area (Å²) in [6.07, 6.45) is 0.954. The van der Waals surface area contributed by atoms with Gasteiger partial charge in [0.25, 0.3) is 0 Å². The molecule has 1 rings (SSSR count). The van der Waals surface area contributed by atoms with E-state index in [-0.39, 0.29) is 19.8 Å². The first-order chi connectivity index (χ1) is 11.7. The summed E-state index contributed by atoms with van der Waals surface area (Å²) in [5.74, 6) is -1.12. The molecule has 0 saturated carbocycles. The second kappa shape index (κ2) is 7.68. The number of hydrogen-bond acceptors (Lipinski definition) is 6. The Labute approximate surface area is 155 Å². The van der Waals surface area contributed by atoms with Crippen molar-refractivity contribution in [3.63, 3.8) is 0 Å². The molecule has 0 saturated heterocycles. The number of ether oxygens (including phenoxy) is 3. The second-order valence-electron chi connectivity index (χ2n) is 8.53. The molecule has 0 aromatic rings. The Kier molecular flexibility index (Phi) is 6.49. The summed E-state index contributed by atoms with van der Waals surface area (Å²) >= 11 is 0. The minimum absolute atomic E-state index is 0.142. The Morgan fingerprint density at radius 3 is 2.15 bits per heavy atom. The van der Waals surface area contributed by atoms with Gasteiger partial charge in [0, 0.05) is 6.54 Å². The van der Waals surface area contributed by atoms with Gasteiger partial charge in [0.05, 0.1) is 12.0 Å². The lowest BCUT2D eigenvalue weighted by Gasteiger charge is -2.36. The molecule has 0 aliphatic carbocycles. The molecule has 0 spiro atoms. The van der Waals surface area contributed by atoms with E-state index in [1.54, 1.807) is 61.5 Å². The van der Waals surface area contributed by atoms with Crippen molar-refractivity contribution in [1.82, 2.24) is 4.90 Å². The van der Waals surface area contributed by atoms with Crippen LogP contribution in [0, 0.1) is 5.41 Å². The minimum atomic E-state index is -1.52. The third-order valence-corrected chi connectivity index (χ3v) is 3.65. The van der Waals surface area contributed by atoms with Gasteiger partial charge in [-0.05, 0) is 61.5 Å². The Bertz CT molecular complexity index is 596. The fourth-order valence-electron chi connectivity index (χ4n) is 2.46. The standard InChI is InChI=1S/C19H31NO6/c1-9-24-15(22)19(12-25-14(21)17(3,4)5)10-13(2)11-20(19)16(23)26-18(6,7)8/h10H,9,11-12H2,1-8H3. The van der Waals surface area contributed by atoms with E-state index in [0.717, 1.165) is 5.57 Å². The molecule has 1 aliphatic rings. The molecule has 26 heavy (non-hydrogen) atoms. The molecule has 0 N–H and O–H groups in total. The van der Waals surface area contributed by atoms with E-state index < -0.39 is 34.6 Å². The average Bonchev–Trinajstić information content (AvgIpc) is 2.80. The molecule has 1 unspecified atom stereocenters. The van der Waals surface area contributed by atoms with E-state index in [1.807, 2.05) is 0 Å². The molecule has 1 amide bonds. The van der Waals surface area contributed by atoms with Gasteiger partial charge in [0.2, 0.25) is 0 Å². The minimum Gasteiger partial charge on any atom is -0.464 e. The molecule has 1 aliphatic heterocycles. The van der Waals surface area contributed by atoms with Gasteiger partial charge >= 0.3 is 18.0 Å². The second-order valence-corrected chi connectivity index (χ2v) is 8.53. The van der Waals surface area contributed by atoms with Gasteiger partial charge in [-0.1, -0.05) is 5.57 Å². The highest BCUT2D eigenvalue weighted by Gasteiger charge is 2.52. The first kappa shape index (κ1) is 22.0. The lowest BCUT2D eigenvalue weighted by atomic mass is 9.96. The van der Waals surface area contributed by atoms with Crippen LogP contribution in [0.5, 0.6) is 0 Å². The highest BCUT2D eigenvalue weighted by atomic mass is 16.6. The van der Waals surface area contributed by atoms with Gasteiger partial charge < -0.3 is 14.2 Å². The maximum atomic E-state index is 12.7. The van der Waals surface area contributed by atoms with Gasteiger partial charge in [0.15, 0.2) is 5.54 Å². The summed E-state index contributed by atoms with van der Waals surface area (Å²) in [5, 5.41) is 0. The van der Waals surface area contributed by atoms with Gasteiger partial charge in [0.1, 0.15) is 12.2 Å². The number of rotatable bonds is 4. The van der Waals surface area contributed by atoms with Crippen molar-refractivity contribution in [2.45, 2.75) is 66.5 Å². The van der Waals surface area contributed by atoms with Crippen molar-refractivity contribution in [3.05, 3.63) is 11.6 Å². The van der Waals surface area contributed by atoms with E-state index in [4.69, 9.17) is 14.2 Å². The molecule has 0 aromatic heterocycles. The molecule has 0 aromatic carbocycles. The topological polar surface area (TPSA) is 82.1 Å². The van der Waals surface area contributed by atoms with Crippen LogP contribution in [0.15, 0.2) is 11.6 Å². The Balaban J connectivity index is 3.20. The van der Waals surface area contributed by atoms with Crippen LogP contribution in [0.4, 0.5) is 4.79 Å². The predicted octanol–water partition coefficient (Wildman–Crippen LogP) is 3.07.